The molecule has 1 aliphatic rings. The molecule has 1 aliphatic heterocycles. The van der Waals surface area contributed by atoms with E-state index < -0.39 is 0 Å². The van der Waals surface area contributed by atoms with Crippen molar-refractivity contribution in [1.29, 1.82) is 0 Å². The van der Waals surface area contributed by atoms with Gasteiger partial charge in [0.2, 0.25) is 0 Å². The number of fused-ring (bicyclic) bond motifs is 2. The molecule has 2 aromatic carbocycles. The molecule has 0 saturated heterocycles. The summed E-state index contributed by atoms with van der Waals surface area (Å²) in [7, 11) is -0.560. The minimum Gasteiger partial charge on any atom is -0.656 e. The molecule has 2 aromatic rings. The Morgan fingerprint density at radius 3 is 1.18 bits per heavy atom. The molecule has 0 amide bonds. The second kappa shape index (κ2) is 10.7. The van der Waals surface area contributed by atoms with E-state index in [0.29, 0.717) is 22.6 Å². The zero-order valence-electron chi connectivity index (χ0n) is 22.8. The minimum atomic E-state index is -0.280. The van der Waals surface area contributed by atoms with Crippen molar-refractivity contribution in [2.75, 3.05) is 0 Å². The number of hydrogen-bond donors (Lipinski definition) is 0. The van der Waals surface area contributed by atoms with Crippen molar-refractivity contribution in [3.63, 3.8) is 0 Å². The fraction of sp³-hybridized carbons (Fsp3) is 0.586. The van der Waals surface area contributed by atoms with Crippen LogP contribution in [-0.2, 0) is 22.5 Å². The first kappa shape index (κ1) is 28.9. The van der Waals surface area contributed by atoms with E-state index in [9.17, 15) is 0 Å². The topological polar surface area (TPSA) is 14.1 Å². The van der Waals surface area contributed by atoms with Crippen molar-refractivity contribution in [2.45, 2.75) is 111 Å². The van der Waals surface area contributed by atoms with Gasteiger partial charge in [-0.05, 0) is 47.1 Å². The fourth-order valence-corrected chi connectivity index (χ4v) is 11.8. The first-order valence-corrected chi connectivity index (χ1v) is 15.3. The van der Waals surface area contributed by atoms with Crippen LogP contribution in [0.3, 0.4) is 0 Å². The number of aryl methyl sites for hydroxylation is 2. The van der Waals surface area contributed by atoms with Crippen LogP contribution in [0.25, 0.3) is 5.32 Å². The summed E-state index contributed by atoms with van der Waals surface area (Å²) in [6.45, 7) is 28.6. The molecule has 0 radical (unpaired) electrons. The Balaban J connectivity index is 0.00000385. The Kier molecular flexibility index (Phi) is 9.36. The third kappa shape index (κ3) is 5.41. The van der Waals surface area contributed by atoms with E-state index in [1.54, 1.807) is 0 Å². The second-order valence-electron chi connectivity index (χ2n) is 11.3. The van der Waals surface area contributed by atoms with Crippen molar-refractivity contribution >= 4 is 37.8 Å². The van der Waals surface area contributed by atoms with Gasteiger partial charge in [0.15, 0.2) is 0 Å². The second-order valence-corrected chi connectivity index (χ2v) is 18.0. The molecule has 186 valence electrons. The maximum Gasteiger partial charge on any atom is 1.00 e. The zero-order valence-corrected chi connectivity index (χ0v) is 25.5. The summed E-state index contributed by atoms with van der Waals surface area (Å²) in [5.41, 5.74) is 10.7. The third-order valence-electron chi connectivity index (χ3n) is 6.82. The van der Waals surface area contributed by atoms with E-state index in [1.165, 1.54) is 44.2 Å². The average molecular weight is 532 g/mol. The van der Waals surface area contributed by atoms with Gasteiger partial charge in [-0.15, -0.1) is 11.4 Å². The Hall–Kier alpha value is -0.381. The summed E-state index contributed by atoms with van der Waals surface area (Å²) < 4.78 is 0. The number of nitrogens with zero attached hydrogens (tertiary/aromatic N) is 1. The van der Waals surface area contributed by atoms with Crippen molar-refractivity contribution in [2.24, 2.45) is 0 Å². The van der Waals surface area contributed by atoms with Crippen molar-refractivity contribution in [3.8, 4) is 0 Å². The molecule has 1 heterocycles. The van der Waals surface area contributed by atoms with Crippen LogP contribution in [0.1, 0.15) is 91.5 Å². The average Bonchev–Trinajstić information content (AvgIpc) is 2.62. The first-order chi connectivity index (χ1) is 14.8. The van der Waals surface area contributed by atoms with Crippen LogP contribution in [0.15, 0.2) is 24.3 Å². The SMILES string of the molecule is Cc1cc(P(C(C)C)C(C)C)c2c(c1)C(C)(C)c1cc(C)cc(P(C(C)C)C(C)C)c1[N-]2.[Cu+]. The van der Waals surface area contributed by atoms with Gasteiger partial charge >= 0.3 is 17.1 Å². The van der Waals surface area contributed by atoms with E-state index in [0.717, 1.165) is 0 Å². The van der Waals surface area contributed by atoms with E-state index >= 15 is 0 Å². The van der Waals surface area contributed by atoms with Crippen molar-refractivity contribution < 1.29 is 17.1 Å². The quantitative estimate of drug-likeness (QED) is 0.260. The van der Waals surface area contributed by atoms with Crippen molar-refractivity contribution in [3.05, 3.63) is 51.8 Å². The molecule has 0 fully saturated rings. The summed E-state index contributed by atoms with van der Waals surface area (Å²) in [5, 5.41) is 8.63. The van der Waals surface area contributed by atoms with Gasteiger partial charge in [0.25, 0.3) is 0 Å². The predicted octanol–water partition coefficient (Wildman–Crippen LogP) is 9.13. The number of rotatable bonds is 6. The molecule has 0 atom stereocenters. The van der Waals surface area contributed by atoms with Crippen LogP contribution < -0.4 is 10.6 Å². The van der Waals surface area contributed by atoms with Gasteiger partial charge in [0.1, 0.15) is 0 Å². The molecule has 0 N–H and O–H groups in total. The maximum absolute atomic E-state index is 5.59. The van der Waals surface area contributed by atoms with Gasteiger partial charge in [0, 0.05) is 5.41 Å². The van der Waals surface area contributed by atoms with Gasteiger partial charge in [-0.3, -0.25) is 0 Å². The largest absolute Gasteiger partial charge is 1.00 e. The van der Waals surface area contributed by atoms with E-state index in [4.69, 9.17) is 5.32 Å². The summed E-state index contributed by atoms with van der Waals surface area (Å²) in [6, 6.07) is 9.73. The fourth-order valence-electron chi connectivity index (χ4n) is 5.66. The summed E-state index contributed by atoms with van der Waals surface area (Å²) in [6.07, 6.45) is 0. The van der Waals surface area contributed by atoms with Gasteiger partial charge in [-0.2, -0.15) is 0 Å². The van der Waals surface area contributed by atoms with Crippen LogP contribution in [0.2, 0.25) is 0 Å². The zero-order chi connectivity index (χ0) is 24.1. The van der Waals surface area contributed by atoms with Gasteiger partial charge < -0.3 is 5.32 Å². The number of benzene rings is 2. The standard InChI is InChI=1S/C29H44NP2.Cu/c1-17(2)31(18(3)4)25-15-21(9)13-23-27(25)30-28-24(29(23,11)12)14-22(10)16-26(28)32(19(5)6)20(7)8;/h13-20H,1-12H3;/q-1;+1. The van der Waals surface area contributed by atoms with E-state index in [-0.39, 0.29) is 38.3 Å². The minimum absolute atomic E-state index is 0. The van der Waals surface area contributed by atoms with Gasteiger partial charge in [0.05, 0.1) is 0 Å². The van der Waals surface area contributed by atoms with Crippen molar-refractivity contribution in [1.82, 2.24) is 0 Å². The molecular weight excluding hydrogens is 488 g/mol. The van der Waals surface area contributed by atoms with Crippen LogP contribution in [0.4, 0.5) is 11.4 Å². The van der Waals surface area contributed by atoms with Gasteiger partial charge in [-0.1, -0.05) is 132 Å². The molecule has 1 nitrogen and oxygen atoms in total. The Labute approximate surface area is 217 Å². The van der Waals surface area contributed by atoms with Gasteiger partial charge in [-0.25, -0.2) is 0 Å². The maximum atomic E-state index is 5.59. The first-order valence-electron chi connectivity index (χ1n) is 12.4. The molecule has 4 heteroatoms. The molecule has 3 rings (SSSR count). The van der Waals surface area contributed by atoms with Crippen LogP contribution in [-0.4, -0.2) is 22.6 Å². The monoisotopic (exact) mass is 531 g/mol. The molecular formula is C29H44CuNP2. The molecule has 0 bridgehead atoms. The molecule has 0 saturated carbocycles. The van der Waals surface area contributed by atoms with E-state index in [2.05, 4.69) is 107 Å². The molecule has 0 unspecified atom stereocenters. The van der Waals surface area contributed by atoms with Crippen LogP contribution >= 0.6 is 15.8 Å². The summed E-state index contributed by atoms with van der Waals surface area (Å²) >= 11 is 0. The normalized spacial score (nSPS) is 14.7. The predicted molar refractivity (Wildman–Crippen MR) is 151 cm³/mol. The smallest absolute Gasteiger partial charge is 0.656 e. The third-order valence-corrected chi connectivity index (χ3v) is 13.1. The Morgan fingerprint density at radius 2 is 0.909 bits per heavy atom. The molecule has 0 aliphatic carbocycles. The summed E-state index contributed by atoms with van der Waals surface area (Å²) in [4.78, 5) is 0. The molecule has 33 heavy (non-hydrogen) atoms. The molecule has 0 spiro atoms. The molecule has 0 aromatic heterocycles. The summed E-state index contributed by atoms with van der Waals surface area (Å²) in [5.74, 6) is 0. The van der Waals surface area contributed by atoms with Crippen LogP contribution in [0.5, 0.6) is 0 Å². The Bertz CT molecular complexity index is 898. The van der Waals surface area contributed by atoms with Crippen LogP contribution in [0, 0.1) is 13.8 Å². The van der Waals surface area contributed by atoms with E-state index in [1.807, 2.05) is 0 Å². The Morgan fingerprint density at radius 1 is 0.606 bits per heavy atom. The number of hydrogen-bond acceptors (Lipinski definition) is 0.